The largest absolute Gasteiger partial charge is 0.462 e. The third kappa shape index (κ3) is 6.11. The standard InChI is InChI=1S/C25H26N4O8/c1-2-3-12-36-24(33)16-5-4-6-18(14-16)29-11-13-35-20(23(29)32)19(30)22(31)26-17-9-7-15(8-10-17)21-27-25(34)37-28-21/h4-10,14,19-20,30H,2-3,11-13H2,1H3,(H,26,31)(H,27,28,34)/t19-,20-/m1/s1. The molecule has 2 aromatic carbocycles. The molecular formula is C25H26N4O8. The summed E-state index contributed by atoms with van der Waals surface area (Å²) in [5.41, 5.74) is 1.61. The van der Waals surface area contributed by atoms with Crippen molar-refractivity contribution in [1.82, 2.24) is 10.1 Å². The van der Waals surface area contributed by atoms with Gasteiger partial charge in [0, 0.05) is 23.5 Å². The summed E-state index contributed by atoms with van der Waals surface area (Å²) in [4.78, 5) is 53.0. The van der Waals surface area contributed by atoms with Gasteiger partial charge < -0.3 is 24.8 Å². The Morgan fingerprint density at radius 1 is 1.24 bits per heavy atom. The molecule has 4 rings (SSSR count). The first-order chi connectivity index (χ1) is 17.9. The summed E-state index contributed by atoms with van der Waals surface area (Å²) in [5, 5.41) is 16.7. The summed E-state index contributed by atoms with van der Waals surface area (Å²) >= 11 is 0. The molecule has 0 spiro atoms. The van der Waals surface area contributed by atoms with Crippen LogP contribution in [0.2, 0.25) is 0 Å². The molecule has 1 aliphatic heterocycles. The quantitative estimate of drug-likeness (QED) is 0.287. The molecule has 0 saturated carbocycles. The number of amides is 2. The van der Waals surface area contributed by atoms with Gasteiger partial charge >= 0.3 is 11.7 Å². The summed E-state index contributed by atoms with van der Waals surface area (Å²) in [6, 6.07) is 12.6. The highest BCUT2D eigenvalue weighted by Crippen LogP contribution is 2.23. The molecule has 194 valence electrons. The molecule has 0 aliphatic carbocycles. The number of hydrogen-bond donors (Lipinski definition) is 3. The maximum Gasteiger partial charge on any atom is 0.439 e. The lowest BCUT2D eigenvalue weighted by Gasteiger charge is -2.34. The molecule has 3 N–H and O–H groups in total. The molecule has 12 nitrogen and oxygen atoms in total. The van der Waals surface area contributed by atoms with Crippen LogP contribution in [-0.4, -0.2) is 65.0 Å². The zero-order valence-electron chi connectivity index (χ0n) is 20.0. The van der Waals surface area contributed by atoms with Crippen LogP contribution >= 0.6 is 0 Å². The minimum absolute atomic E-state index is 0.0799. The van der Waals surface area contributed by atoms with Crippen molar-refractivity contribution in [2.45, 2.75) is 32.0 Å². The van der Waals surface area contributed by atoms with E-state index < -0.39 is 35.7 Å². The van der Waals surface area contributed by atoms with Crippen LogP contribution in [0.3, 0.4) is 0 Å². The lowest BCUT2D eigenvalue weighted by molar-refractivity contribution is -0.150. The van der Waals surface area contributed by atoms with Crippen molar-refractivity contribution in [3.8, 4) is 11.4 Å². The summed E-state index contributed by atoms with van der Waals surface area (Å²) in [6.07, 6.45) is -1.58. The number of H-pyrrole nitrogens is 1. The molecule has 0 bridgehead atoms. The zero-order valence-corrected chi connectivity index (χ0v) is 20.0. The molecule has 1 aromatic heterocycles. The minimum atomic E-state index is -1.79. The molecule has 2 heterocycles. The van der Waals surface area contributed by atoms with Gasteiger partial charge in [0.2, 0.25) is 0 Å². The lowest BCUT2D eigenvalue weighted by Crippen LogP contribution is -2.55. The number of benzene rings is 2. The second-order valence-corrected chi connectivity index (χ2v) is 8.28. The average Bonchev–Trinajstić information content (AvgIpc) is 3.35. The lowest BCUT2D eigenvalue weighted by atomic mass is 10.1. The van der Waals surface area contributed by atoms with Gasteiger partial charge in [-0.2, -0.15) is 0 Å². The number of nitrogens with one attached hydrogen (secondary N) is 2. The number of unbranched alkanes of at least 4 members (excludes halogenated alkanes) is 1. The number of rotatable bonds is 9. The van der Waals surface area contributed by atoms with Crippen molar-refractivity contribution in [2.24, 2.45) is 0 Å². The van der Waals surface area contributed by atoms with Gasteiger partial charge in [0.1, 0.15) is 0 Å². The van der Waals surface area contributed by atoms with E-state index in [4.69, 9.17) is 9.47 Å². The molecule has 1 fully saturated rings. The monoisotopic (exact) mass is 510 g/mol. The van der Waals surface area contributed by atoms with E-state index in [9.17, 15) is 24.3 Å². The Morgan fingerprint density at radius 3 is 2.73 bits per heavy atom. The Morgan fingerprint density at radius 2 is 2.03 bits per heavy atom. The van der Waals surface area contributed by atoms with Crippen LogP contribution in [0.15, 0.2) is 57.8 Å². The van der Waals surface area contributed by atoms with E-state index in [0.717, 1.165) is 12.8 Å². The number of morpholine rings is 1. The van der Waals surface area contributed by atoms with E-state index in [-0.39, 0.29) is 19.0 Å². The highest BCUT2D eigenvalue weighted by Gasteiger charge is 2.39. The fourth-order valence-electron chi connectivity index (χ4n) is 3.70. The maximum atomic E-state index is 13.1. The van der Waals surface area contributed by atoms with Crippen molar-refractivity contribution >= 4 is 29.2 Å². The van der Waals surface area contributed by atoms with Gasteiger partial charge in [-0.05, 0) is 48.9 Å². The van der Waals surface area contributed by atoms with Crippen LogP contribution in [0.4, 0.5) is 11.4 Å². The Bertz CT molecular complexity index is 1320. The van der Waals surface area contributed by atoms with Crippen molar-refractivity contribution in [3.63, 3.8) is 0 Å². The molecule has 0 unspecified atom stereocenters. The van der Waals surface area contributed by atoms with Gasteiger partial charge in [0.25, 0.3) is 11.8 Å². The third-order valence-electron chi connectivity index (χ3n) is 5.67. The Hall–Kier alpha value is -4.29. The number of esters is 1. The summed E-state index contributed by atoms with van der Waals surface area (Å²) in [7, 11) is 0. The maximum absolute atomic E-state index is 13.1. The van der Waals surface area contributed by atoms with Gasteiger partial charge in [-0.1, -0.05) is 24.6 Å². The van der Waals surface area contributed by atoms with Crippen LogP contribution < -0.4 is 16.0 Å². The van der Waals surface area contributed by atoms with E-state index in [1.54, 1.807) is 30.3 Å². The molecule has 2 atom stereocenters. The molecule has 12 heteroatoms. The van der Waals surface area contributed by atoms with Gasteiger partial charge in [-0.25, -0.2) is 9.59 Å². The number of carbonyl (C=O) groups is 3. The van der Waals surface area contributed by atoms with Crippen molar-refractivity contribution < 1.29 is 33.5 Å². The third-order valence-corrected chi connectivity index (χ3v) is 5.67. The van der Waals surface area contributed by atoms with Crippen LogP contribution in [0, 0.1) is 0 Å². The van der Waals surface area contributed by atoms with E-state index in [0.29, 0.717) is 29.1 Å². The molecule has 1 aliphatic rings. The van der Waals surface area contributed by atoms with E-state index in [1.165, 1.54) is 23.1 Å². The van der Waals surface area contributed by atoms with Gasteiger partial charge in [0.05, 0.1) is 18.8 Å². The number of anilines is 2. The SMILES string of the molecule is CCCCOC(=O)c1cccc(N2CCO[C@H]([C@@H](O)C(=O)Nc3ccc(-c4noc(=O)[nH]4)cc3)C2=O)c1. The molecule has 1 saturated heterocycles. The van der Waals surface area contributed by atoms with E-state index in [1.807, 2.05) is 6.92 Å². The Balaban J connectivity index is 1.41. The first-order valence-electron chi connectivity index (χ1n) is 11.7. The molecule has 0 radical (unpaired) electrons. The van der Waals surface area contributed by atoms with E-state index in [2.05, 4.69) is 20.0 Å². The molecular weight excluding hydrogens is 484 g/mol. The number of aliphatic hydroxyl groups excluding tert-OH is 1. The number of aromatic nitrogens is 2. The Labute approximate surface area is 211 Å². The van der Waals surface area contributed by atoms with Crippen LogP contribution in [0.1, 0.15) is 30.1 Å². The number of aliphatic hydroxyl groups is 1. The molecule has 2 amide bonds. The number of hydrogen-bond acceptors (Lipinski definition) is 9. The second-order valence-electron chi connectivity index (χ2n) is 8.28. The predicted molar refractivity (Wildman–Crippen MR) is 131 cm³/mol. The zero-order chi connectivity index (χ0) is 26.4. The first-order valence-corrected chi connectivity index (χ1v) is 11.7. The first kappa shape index (κ1) is 25.8. The molecule has 37 heavy (non-hydrogen) atoms. The van der Waals surface area contributed by atoms with Gasteiger partial charge in [-0.15, -0.1) is 0 Å². The number of aromatic amines is 1. The van der Waals surface area contributed by atoms with E-state index >= 15 is 0 Å². The van der Waals surface area contributed by atoms with Gasteiger partial charge in [0.15, 0.2) is 18.0 Å². The van der Waals surface area contributed by atoms with Crippen molar-refractivity contribution in [3.05, 3.63) is 64.6 Å². The average molecular weight is 511 g/mol. The Kier molecular flexibility index (Phi) is 8.11. The highest BCUT2D eigenvalue weighted by molar-refractivity contribution is 6.04. The smallest absolute Gasteiger partial charge is 0.439 e. The van der Waals surface area contributed by atoms with Crippen LogP contribution in [-0.2, 0) is 19.1 Å². The van der Waals surface area contributed by atoms with Crippen molar-refractivity contribution in [2.75, 3.05) is 30.0 Å². The second kappa shape index (κ2) is 11.6. The number of nitrogens with zero attached hydrogens (tertiary/aromatic N) is 2. The fraction of sp³-hybridized carbons (Fsp3) is 0.320. The van der Waals surface area contributed by atoms with Crippen LogP contribution in [0.25, 0.3) is 11.4 Å². The minimum Gasteiger partial charge on any atom is -0.462 e. The number of ether oxygens (including phenoxy) is 2. The van der Waals surface area contributed by atoms with Crippen molar-refractivity contribution in [1.29, 1.82) is 0 Å². The fourth-order valence-corrected chi connectivity index (χ4v) is 3.70. The normalized spacial score (nSPS) is 16.3. The highest BCUT2D eigenvalue weighted by atomic mass is 16.5. The predicted octanol–water partition coefficient (Wildman–Crippen LogP) is 1.72. The summed E-state index contributed by atoms with van der Waals surface area (Å²) in [6.45, 7) is 2.56. The molecule has 3 aromatic rings. The summed E-state index contributed by atoms with van der Waals surface area (Å²) < 4.78 is 15.1. The topological polar surface area (TPSA) is 164 Å². The van der Waals surface area contributed by atoms with Gasteiger partial charge in [-0.3, -0.25) is 19.1 Å². The number of carbonyl (C=O) groups excluding carboxylic acids is 3. The summed E-state index contributed by atoms with van der Waals surface area (Å²) in [5.74, 6) is -2.41. The van der Waals surface area contributed by atoms with Crippen LogP contribution in [0.5, 0.6) is 0 Å².